The highest BCUT2D eigenvalue weighted by Crippen LogP contribution is 2.31. The monoisotopic (exact) mass is 332 g/mol. The molecule has 0 spiro atoms. The number of thiazole rings is 1. The predicted molar refractivity (Wildman–Crippen MR) is 89.4 cm³/mol. The summed E-state index contributed by atoms with van der Waals surface area (Å²) in [6, 6.07) is 7.69. The SMILES string of the molecule is CCOc1ccc(CN(C)c2nc3sccn3c2[N+](=O)[O-])cc1. The number of nitrogens with zero attached hydrogens (tertiary/aromatic N) is 4. The van der Waals surface area contributed by atoms with Crippen molar-refractivity contribution in [3.8, 4) is 5.75 Å². The van der Waals surface area contributed by atoms with Gasteiger partial charge in [0.2, 0.25) is 5.82 Å². The molecule has 8 heteroatoms. The van der Waals surface area contributed by atoms with Crippen LogP contribution in [0.2, 0.25) is 0 Å². The normalized spacial score (nSPS) is 10.9. The highest BCUT2D eigenvalue weighted by atomic mass is 32.1. The Kier molecular flexibility index (Phi) is 4.16. The number of ether oxygens (including phenoxy) is 1. The lowest BCUT2D eigenvalue weighted by Crippen LogP contribution is -2.18. The van der Waals surface area contributed by atoms with Crippen LogP contribution in [-0.2, 0) is 6.54 Å². The zero-order valence-electron chi connectivity index (χ0n) is 12.8. The zero-order chi connectivity index (χ0) is 16.4. The van der Waals surface area contributed by atoms with Crippen LogP contribution in [0.4, 0.5) is 11.6 Å². The number of fused-ring (bicyclic) bond motifs is 1. The summed E-state index contributed by atoms with van der Waals surface area (Å²) in [6.45, 7) is 3.08. The van der Waals surface area contributed by atoms with Crippen molar-refractivity contribution in [2.24, 2.45) is 0 Å². The fraction of sp³-hybridized carbons (Fsp3) is 0.267. The molecule has 0 N–H and O–H groups in total. The molecule has 0 aliphatic rings. The van der Waals surface area contributed by atoms with Crippen molar-refractivity contribution in [1.29, 1.82) is 0 Å². The molecule has 120 valence electrons. The molecule has 0 saturated carbocycles. The Hall–Kier alpha value is -2.61. The standard InChI is InChI=1S/C15H16N4O3S/c1-3-22-12-6-4-11(5-7-12)10-17(2)13-14(19(20)21)18-8-9-23-15(18)16-13/h4-9H,3,10H2,1-2H3. The van der Waals surface area contributed by atoms with Gasteiger partial charge >= 0.3 is 5.82 Å². The van der Waals surface area contributed by atoms with Crippen LogP contribution in [0.3, 0.4) is 0 Å². The third-order valence-corrected chi connectivity index (χ3v) is 4.16. The average Bonchev–Trinajstić information content (AvgIpc) is 3.09. The van der Waals surface area contributed by atoms with Crippen LogP contribution in [0.25, 0.3) is 4.96 Å². The molecule has 23 heavy (non-hydrogen) atoms. The predicted octanol–water partition coefficient (Wildman–Crippen LogP) is 3.34. The largest absolute Gasteiger partial charge is 0.494 e. The third-order valence-electron chi connectivity index (χ3n) is 3.41. The number of imidazole rings is 1. The Morgan fingerprint density at radius 2 is 2.13 bits per heavy atom. The number of benzene rings is 1. The Morgan fingerprint density at radius 3 is 2.78 bits per heavy atom. The van der Waals surface area contributed by atoms with Gasteiger partial charge in [-0.25, -0.2) is 0 Å². The molecule has 0 amide bonds. The van der Waals surface area contributed by atoms with E-state index in [1.54, 1.807) is 23.5 Å². The van der Waals surface area contributed by atoms with Gasteiger partial charge in [-0.05, 0) is 29.5 Å². The topological polar surface area (TPSA) is 72.9 Å². The van der Waals surface area contributed by atoms with Gasteiger partial charge in [0.25, 0.3) is 4.96 Å². The molecule has 2 heterocycles. The van der Waals surface area contributed by atoms with Crippen molar-refractivity contribution in [3.05, 3.63) is 51.5 Å². The molecule has 0 bridgehead atoms. The molecule has 0 unspecified atom stereocenters. The van der Waals surface area contributed by atoms with Crippen molar-refractivity contribution in [1.82, 2.24) is 9.38 Å². The van der Waals surface area contributed by atoms with E-state index in [1.165, 1.54) is 15.7 Å². The fourth-order valence-electron chi connectivity index (χ4n) is 2.39. The second kappa shape index (κ2) is 6.25. The second-order valence-electron chi connectivity index (χ2n) is 5.00. The van der Waals surface area contributed by atoms with E-state index in [1.807, 2.05) is 31.2 Å². The van der Waals surface area contributed by atoms with E-state index in [2.05, 4.69) is 4.98 Å². The summed E-state index contributed by atoms with van der Waals surface area (Å²) in [4.78, 5) is 17.8. The molecule has 0 atom stereocenters. The van der Waals surface area contributed by atoms with E-state index in [9.17, 15) is 10.1 Å². The molecule has 0 radical (unpaired) electrons. The number of anilines is 1. The maximum absolute atomic E-state index is 11.4. The maximum atomic E-state index is 11.4. The summed E-state index contributed by atoms with van der Waals surface area (Å²) in [7, 11) is 1.80. The molecule has 0 aliphatic carbocycles. The molecule has 0 fully saturated rings. The van der Waals surface area contributed by atoms with E-state index in [0.717, 1.165) is 11.3 Å². The summed E-state index contributed by atoms with van der Waals surface area (Å²) < 4.78 is 6.92. The van der Waals surface area contributed by atoms with Gasteiger partial charge in [0.05, 0.1) is 6.61 Å². The minimum Gasteiger partial charge on any atom is -0.494 e. The lowest BCUT2D eigenvalue weighted by atomic mass is 10.2. The summed E-state index contributed by atoms with van der Waals surface area (Å²) in [5.74, 6) is 1.18. The zero-order valence-corrected chi connectivity index (χ0v) is 13.6. The Balaban J connectivity index is 1.85. The van der Waals surface area contributed by atoms with Gasteiger partial charge in [0.1, 0.15) is 11.9 Å². The maximum Gasteiger partial charge on any atom is 0.373 e. The van der Waals surface area contributed by atoms with Gasteiger partial charge in [-0.3, -0.25) is 0 Å². The highest BCUT2D eigenvalue weighted by molar-refractivity contribution is 7.15. The molecular formula is C15H16N4O3S. The summed E-state index contributed by atoms with van der Waals surface area (Å²) in [5, 5.41) is 13.2. The Labute approximate surface area is 136 Å². The smallest absolute Gasteiger partial charge is 0.373 e. The lowest BCUT2D eigenvalue weighted by Gasteiger charge is -2.16. The molecule has 1 aromatic carbocycles. The van der Waals surface area contributed by atoms with Gasteiger partial charge in [0.15, 0.2) is 0 Å². The van der Waals surface area contributed by atoms with Gasteiger partial charge in [0, 0.05) is 19.0 Å². The first-order chi connectivity index (χ1) is 11.1. The summed E-state index contributed by atoms with van der Waals surface area (Å²) >= 11 is 1.38. The summed E-state index contributed by atoms with van der Waals surface area (Å²) in [5.41, 5.74) is 1.03. The average molecular weight is 332 g/mol. The summed E-state index contributed by atoms with van der Waals surface area (Å²) in [6.07, 6.45) is 1.67. The first kappa shape index (κ1) is 15.3. The van der Waals surface area contributed by atoms with Gasteiger partial charge in [-0.1, -0.05) is 23.5 Å². The van der Waals surface area contributed by atoms with E-state index in [4.69, 9.17) is 4.74 Å². The van der Waals surface area contributed by atoms with Gasteiger partial charge < -0.3 is 19.8 Å². The van der Waals surface area contributed by atoms with Crippen LogP contribution in [0.1, 0.15) is 12.5 Å². The van der Waals surface area contributed by atoms with E-state index >= 15 is 0 Å². The molecule has 0 aliphatic heterocycles. The molecule has 0 saturated heterocycles. The van der Waals surface area contributed by atoms with Crippen LogP contribution in [0, 0.1) is 10.1 Å². The third kappa shape index (κ3) is 2.98. The van der Waals surface area contributed by atoms with Crippen LogP contribution in [-0.4, -0.2) is 28.0 Å². The minimum atomic E-state index is -0.392. The fourth-order valence-corrected chi connectivity index (χ4v) is 3.10. The van der Waals surface area contributed by atoms with Crippen molar-refractivity contribution in [2.45, 2.75) is 13.5 Å². The van der Waals surface area contributed by atoms with Crippen LogP contribution >= 0.6 is 11.3 Å². The van der Waals surface area contributed by atoms with Crippen molar-refractivity contribution in [3.63, 3.8) is 0 Å². The van der Waals surface area contributed by atoms with Gasteiger partial charge in [-0.2, -0.15) is 9.38 Å². The van der Waals surface area contributed by atoms with E-state index < -0.39 is 4.92 Å². The number of rotatable bonds is 6. The Bertz CT molecular complexity index is 825. The van der Waals surface area contributed by atoms with Crippen LogP contribution < -0.4 is 9.64 Å². The van der Waals surface area contributed by atoms with Crippen LogP contribution in [0.15, 0.2) is 35.8 Å². The Morgan fingerprint density at radius 1 is 1.39 bits per heavy atom. The molecular weight excluding hydrogens is 316 g/mol. The minimum absolute atomic E-state index is 0.00492. The van der Waals surface area contributed by atoms with Crippen molar-refractivity contribution < 1.29 is 9.66 Å². The number of nitro groups is 1. The molecule has 3 aromatic rings. The van der Waals surface area contributed by atoms with Crippen LogP contribution in [0.5, 0.6) is 5.75 Å². The quantitative estimate of drug-likeness (QED) is 0.511. The lowest BCUT2D eigenvalue weighted by molar-refractivity contribution is -0.389. The number of hydrogen-bond acceptors (Lipinski definition) is 6. The van der Waals surface area contributed by atoms with Crippen molar-refractivity contribution in [2.75, 3.05) is 18.6 Å². The number of hydrogen-bond donors (Lipinski definition) is 0. The van der Waals surface area contributed by atoms with E-state index in [0.29, 0.717) is 23.9 Å². The van der Waals surface area contributed by atoms with Crippen molar-refractivity contribution >= 4 is 27.9 Å². The molecule has 7 nitrogen and oxygen atoms in total. The first-order valence-corrected chi connectivity index (χ1v) is 8.01. The molecule has 3 rings (SSSR count). The number of aromatic nitrogens is 2. The van der Waals surface area contributed by atoms with Gasteiger partial charge in [-0.15, -0.1) is 0 Å². The van der Waals surface area contributed by atoms with E-state index in [-0.39, 0.29) is 5.82 Å². The highest BCUT2D eigenvalue weighted by Gasteiger charge is 2.26. The first-order valence-electron chi connectivity index (χ1n) is 7.13. The molecule has 2 aromatic heterocycles. The second-order valence-corrected chi connectivity index (χ2v) is 5.88.